The van der Waals surface area contributed by atoms with Crippen LogP contribution in [0.15, 0.2) is 16.5 Å². The molecule has 1 saturated carbocycles. The third-order valence-corrected chi connectivity index (χ3v) is 5.08. The standard InChI is InChI=1S/C15H26N2OS/c1-10-7-12(10)14-5-6-15(18-14)13(8-16)17(3)11(2)9-19-4/h5-6,10-13H,7-9,16H2,1-4H3. The molecule has 0 aliphatic heterocycles. The summed E-state index contributed by atoms with van der Waals surface area (Å²) in [5.74, 6) is 4.70. The lowest BCUT2D eigenvalue weighted by Gasteiger charge is -2.30. The molecule has 1 heterocycles. The van der Waals surface area contributed by atoms with Gasteiger partial charge in [-0.2, -0.15) is 11.8 Å². The fourth-order valence-electron chi connectivity index (χ4n) is 2.61. The van der Waals surface area contributed by atoms with E-state index in [1.807, 2.05) is 11.8 Å². The van der Waals surface area contributed by atoms with Crippen molar-refractivity contribution >= 4 is 11.8 Å². The molecule has 2 rings (SSSR count). The molecule has 1 aromatic heterocycles. The maximum absolute atomic E-state index is 6.05. The van der Waals surface area contributed by atoms with E-state index in [1.165, 1.54) is 6.42 Å². The van der Waals surface area contributed by atoms with Gasteiger partial charge in [-0.25, -0.2) is 0 Å². The van der Waals surface area contributed by atoms with Gasteiger partial charge < -0.3 is 10.2 Å². The normalized spacial score (nSPS) is 25.6. The minimum Gasteiger partial charge on any atom is -0.464 e. The van der Waals surface area contributed by atoms with Crippen molar-refractivity contribution in [2.45, 2.75) is 38.3 Å². The zero-order chi connectivity index (χ0) is 14.0. The lowest BCUT2D eigenvalue weighted by molar-refractivity contribution is 0.179. The van der Waals surface area contributed by atoms with Crippen LogP contribution in [0.25, 0.3) is 0 Å². The Kier molecular flexibility index (Phi) is 4.98. The number of nitrogens with zero attached hydrogens (tertiary/aromatic N) is 1. The molecular formula is C15H26N2OS. The van der Waals surface area contributed by atoms with Crippen LogP contribution in [0.5, 0.6) is 0 Å². The van der Waals surface area contributed by atoms with Crippen LogP contribution in [0.4, 0.5) is 0 Å². The summed E-state index contributed by atoms with van der Waals surface area (Å²) < 4.78 is 6.05. The molecule has 3 nitrogen and oxygen atoms in total. The summed E-state index contributed by atoms with van der Waals surface area (Å²) in [5, 5.41) is 0. The first kappa shape index (κ1) is 14.9. The smallest absolute Gasteiger partial charge is 0.122 e. The summed E-state index contributed by atoms with van der Waals surface area (Å²) in [6, 6.07) is 4.93. The van der Waals surface area contributed by atoms with Crippen LogP contribution < -0.4 is 5.73 Å². The maximum Gasteiger partial charge on any atom is 0.122 e. The maximum atomic E-state index is 6.05. The van der Waals surface area contributed by atoms with Gasteiger partial charge in [-0.05, 0) is 44.7 Å². The molecule has 4 atom stereocenters. The molecule has 1 aromatic rings. The van der Waals surface area contributed by atoms with Gasteiger partial charge in [-0.1, -0.05) is 6.92 Å². The molecular weight excluding hydrogens is 256 g/mol. The Balaban J connectivity index is 2.06. The van der Waals surface area contributed by atoms with E-state index in [-0.39, 0.29) is 6.04 Å². The van der Waals surface area contributed by atoms with Gasteiger partial charge in [-0.15, -0.1) is 0 Å². The highest BCUT2D eigenvalue weighted by Gasteiger charge is 2.37. The summed E-state index contributed by atoms with van der Waals surface area (Å²) >= 11 is 1.87. The van der Waals surface area contributed by atoms with Crippen LogP contribution in [-0.2, 0) is 0 Å². The highest BCUT2D eigenvalue weighted by Crippen LogP contribution is 2.47. The Hall–Kier alpha value is -0.450. The summed E-state index contributed by atoms with van der Waals surface area (Å²) in [6.07, 6.45) is 3.40. The summed E-state index contributed by atoms with van der Waals surface area (Å²) in [7, 11) is 2.14. The second-order valence-corrected chi connectivity index (χ2v) is 6.69. The third-order valence-electron chi connectivity index (χ3n) is 4.27. The molecule has 0 aromatic carbocycles. The molecule has 1 aliphatic rings. The third kappa shape index (κ3) is 3.36. The Morgan fingerprint density at radius 3 is 2.74 bits per heavy atom. The molecule has 108 valence electrons. The Labute approximate surface area is 120 Å². The van der Waals surface area contributed by atoms with E-state index in [9.17, 15) is 0 Å². The zero-order valence-corrected chi connectivity index (χ0v) is 13.2. The Bertz CT molecular complexity index is 407. The largest absolute Gasteiger partial charge is 0.464 e. The van der Waals surface area contributed by atoms with Crippen molar-refractivity contribution in [1.29, 1.82) is 0 Å². The number of rotatable bonds is 7. The van der Waals surface area contributed by atoms with Crippen LogP contribution >= 0.6 is 11.8 Å². The lowest BCUT2D eigenvalue weighted by atomic mass is 10.1. The van der Waals surface area contributed by atoms with Crippen LogP contribution in [0, 0.1) is 5.92 Å². The van der Waals surface area contributed by atoms with Crippen molar-refractivity contribution in [1.82, 2.24) is 4.90 Å². The average molecular weight is 282 g/mol. The van der Waals surface area contributed by atoms with E-state index in [1.54, 1.807) is 0 Å². The minimum absolute atomic E-state index is 0.185. The molecule has 0 spiro atoms. The van der Waals surface area contributed by atoms with Crippen LogP contribution in [-0.4, -0.2) is 36.5 Å². The topological polar surface area (TPSA) is 42.4 Å². The van der Waals surface area contributed by atoms with Gasteiger partial charge in [0.25, 0.3) is 0 Å². The first-order valence-corrected chi connectivity index (χ1v) is 8.48. The minimum atomic E-state index is 0.185. The average Bonchev–Trinajstić information content (AvgIpc) is 2.92. The van der Waals surface area contributed by atoms with E-state index in [2.05, 4.69) is 44.2 Å². The monoisotopic (exact) mass is 282 g/mol. The molecule has 19 heavy (non-hydrogen) atoms. The van der Waals surface area contributed by atoms with E-state index in [0.29, 0.717) is 18.5 Å². The highest BCUT2D eigenvalue weighted by molar-refractivity contribution is 7.98. The summed E-state index contributed by atoms with van der Waals surface area (Å²) in [6.45, 7) is 5.12. The van der Waals surface area contributed by atoms with Crippen LogP contribution in [0.2, 0.25) is 0 Å². The van der Waals surface area contributed by atoms with Gasteiger partial charge >= 0.3 is 0 Å². The van der Waals surface area contributed by atoms with Gasteiger partial charge in [0.15, 0.2) is 0 Å². The second kappa shape index (κ2) is 6.33. The van der Waals surface area contributed by atoms with E-state index < -0.39 is 0 Å². The zero-order valence-electron chi connectivity index (χ0n) is 12.4. The first-order valence-electron chi connectivity index (χ1n) is 7.09. The molecule has 4 unspecified atom stereocenters. The van der Waals surface area contributed by atoms with Crippen molar-refractivity contribution in [2.75, 3.05) is 25.6 Å². The van der Waals surface area contributed by atoms with Crippen molar-refractivity contribution in [3.05, 3.63) is 23.7 Å². The van der Waals surface area contributed by atoms with E-state index in [0.717, 1.165) is 23.2 Å². The molecule has 0 radical (unpaired) electrons. The highest BCUT2D eigenvalue weighted by atomic mass is 32.2. The molecule has 1 fully saturated rings. The molecule has 2 N–H and O–H groups in total. The molecule has 0 saturated heterocycles. The summed E-state index contributed by atoms with van der Waals surface area (Å²) in [5.41, 5.74) is 5.96. The number of thioether (sulfide) groups is 1. The number of hydrogen-bond donors (Lipinski definition) is 1. The number of furan rings is 1. The molecule has 1 aliphatic carbocycles. The first-order chi connectivity index (χ1) is 9.08. The van der Waals surface area contributed by atoms with E-state index in [4.69, 9.17) is 10.2 Å². The SMILES string of the molecule is CSCC(C)N(C)C(CN)c1ccc(C2CC2C)o1. The van der Waals surface area contributed by atoms with Crippen molar-refractivity contribution < 1.29 is 4.42 Å². The molecule has 4 heteroatoms. The van der Waals surface area contributed by atoms with Gasteiger partial charge in [0.05, 0.1) is 6.04 Å². The predicted octanol–water partition coefficient (Wildman–Crippen LogP) is 3.09. The van der Waals surface area contributed by atoms with E-state index >= 15 is 0 Å². The van der Waals surface area contributed by atoms with Gasteiger partial charge in [0.2, 0.25) is 0 Å². The van der Waals surface area contributed by atoms with Crippen molar-refractivity contribution in [3.63, 3.8) is 0 Å². The van der Waals surface area contributed by atoms with Crippen LogP contribution in [0.1, 0.15) is 43.7 Å². The van der Waals surface area contributed by atoms with Crippen molar-refractivity contribution in [3.8, 4) is 0 Å². The van der Waals surface area contributed by atoms with Gasteiger partial charge in [-0.3, -0.25) is 4.90 Å². The number of hydrogen-bond acceptors (Lipinski definition) is 4. The molecule has 0 bridgehead atoms. The Morgan fingerprint density at radius 2 is 2.21 bits per heavy atom. The summed E-state index contributed by atoms with van der Waals surface area (Å²) in [4.78, 5) is 2.33. The van der Waals surface area contributed by atoms with Crippen molar-refractivity contribution in [2.24, 2.45) is 11.7 Å². The quantitative estimate of drug-likeness (QED) is 0.834. The fourth-order valence-corrected chi connectivity index (χ4v) is 3.33. The van der Waals surface area contributed by atoms with Crippen LogP contribution in [0.3, 0.4) is 0 Å². The predicted molar refractivity (Wildman–Crippen MR) is 82.6 cm³/mol. The number of nitrogens with two attached hydrogens (primary N) is 1. The molecule has 0 amide bonds. The lowest BCUT2D eigenvalue weighted by Crippen LogP contribution is -2.38. The second-order valence-electron chi connectivity index (χ2n) is 5.78. The number of likely N-dealkylation sites (N-methyl/N-ethyl adjacent to an activating group) is 1. The van der Waals surface area contributed by atoms with Gasteiger partial charge in [0.1, 0.15) is 11.5 Å². The Morgan fingerprint density at radius 1 is 1.53 bits per heavy atom. The van der Waals surface area contributed by atoms with Gasteiger partial charge in [0, 0.05) is 24.3 Å². The fraction of sp³-hybridized carbons (Fsp3) is 0.733.